The van der Waals surface area contributed by atoms with Crippen molar-refractivity contribution >= 4 is 23.5 Å². The van der Waals surface area contributed by atoms with Gasteiger partial charge in [-0.15, -0.1) is 0 Å². The third-order valence-electron chi connectivity index (χ3n) is 4.09. The van der Waals surface area contributed by atoms with Crippen LogP contribution < -0.4 is 10.6 Å². The number of carbonyl (C=O) groups excluding carboxylic acids is 2. The average molecular weight is 358 g/mol. The average Bonchev–Trinajstić information content (AvgIpc) is 2.83. The van der Waals surface area contributed by atoms with Crippen molar-refractivity contribution in [1.29, 1.82) is 0 Å². The molecule has 2 aromatic rings. The molecule has 0 radical (unpaired) electrons. The summed E-state index contributed by atoms with van der Waals surface area (Å²) in [6, 6.07) is 6.27. The molecule has 8 nitrogen and oxygen atoms in total. The lowest BCUT2D eigenvalue weighted by atomic mass is 10.1. The van der Waals surface area contributed by atoms with Gasteiger partial charge in [-0.05, 0) is 50.1 Å². The Bertz CT molecular complexity index is 824. The van der Waals surface area contributed by atoms with E-state index in [4.69, 9.17) is 5.11 Å². The predicted molar refractivity (Wildman–Crippen MR) is 96.0 cm³/mol. The summed E-state index contributed by atoms with van der Waals surface area (Å²) in [7, 11) is 1.88. The highest BCUT2D eigenvalue weighted by molar-refractivity contribution is 5.97. The highest BCUT2D eigenvalue weighted by atomic mass is 16.4. The summed E-state index contributed by atoms with van der Waals surface area (Å²) in [5, 5.41) is 17.9. The second-order valence-electron chi connectivity index (χ2n) is 5.97. The Morgan fingerprint density at radius 2 is 1.81 bits per heavy atom. The number of amides is 2. The fourth-order valence-corrected chi connectivity index (χ4v) is 2.60. The highest BCUT2D eigenvalue weighted by Crippen LogP contribution is 2.15. The molecule has 2 amide bonds. The minimum atomic E-state index is -1.11. The quantitative estimate of drug-likeness (QED) is 0.693. The Morgan fingerprint density at radius 1 is 1.15 bits per heavy atom. The van der Waals surface area contributed by atoms with E-state index in [0.717, 1.165) is 17.0 Å². The summed E-state index contributed by atoms with van der Waals surface area (Å²) in [4.78, 5) is 34.3. The molecule has 2 rings (SSSR count). The van der Waals surface area contributed by atoms with E-state index in [9.17, 15) is 14.4 Å². The second kappa shape index (κ2) is 8.28. The van der Waals surface area contributed by atoms with Crippen LogP contribution in [-0.2, 0) is 23.1 Å². The van der Waals surface area contributed by atoms with E-state index in [0.29, 0.717) is 24.1 Å². The minimum Gasteiger partial charge on any atom is -0.480 e. The Morgan fingerprint density at radius 3 is 2.35 bits per heavy atom. The van der Waals surface area contributed by atoms with Crippen LogP contribution in [0.4, 0.5) is 5.69 Å². The van der Waals surface area contributed by atoms with Gasteiger partial charge in [0.05, 0.1) is 5.69 Å². The Balaban J connectivity index is 1.89. The van der Waals surface area contributed by atoms with Gasteiger partial charge in [0, 0.05) is 30.4 Å². The predicted octanol–water partition coefficient (Wildman–Crippen LogP) is 1.42. The first kappa shape index (κ1) is 19.2. The summed E-state index contributed by atoms with van der Waals surface area (Å²) in [5.74, 6) is -1.72. The van der Waals surface area contributed by atoms with Crippen molar-refractivity contribution in [2.45, 2.75) is 26.7 Å². The number of hydrogen-bond donors (Lipinski definition) is 3. The van der Waals surface area contributed by atoms with Gasteiger partial charge in [-0.25, -0.2) is 0 Å². The molecule has 8 heteroatoms. The topological polar surface area (TPSA) is 113 Å². The Hall–Kier alpha value is -3.16. The number of rotatable bonds is 7. The standard InChI is InChI=1S/C18H22N4O4/c1-11-15(12(2)22(3)21-11)8-9-16(23)20-14-6-4-13(5-7-14)18(26)19-10-17(24)25/h4-7H,8-10H2,1-3H3,(H,19,26)(H,20,23)(H,24,25). The van der Waals surface area contributed by atoms with Crippen molar-refractivity contribution < 1.29 is 19.5 Å². The van der Waals surface area contributed by atoms with Crippen LogP contribution in [0.5, 0.6) is 0 Å². The van der Waals surface area contributed by atoms with Crippen molar-refractivity contribution in [3.05, 3.63) is 46.8 Å². The fraction of sp³-hybridized carbons (Fsp3) is 0.333. The molecule has 1 aromatic heterocycles. The Labute approximate surface area is 151 Å². The van der Waals surface area contributed by atoms with Gasteiger partial charge in [-0.1, -0.05) is 0 Å². The summed E-state index contributed by atoms with van der Waals surface area (Å²) in [6.07, 6.45) is 0.932. The van der Waals surface area contributed by atoms with Gasteiger partial charge in [0.15, 0.2) is 0 Å². The van der Waals surface area contributed by atoms with Crippen molar-refractivity contribution in [3.8, 4) is 0 Å². The van der Waals surface area contributed by atoms with Gasteiger partial charge < -0.3 is 15.7 Å². The van der Waals surface area contributed by atoms with Crippen LogP contribution in [0, 0.1) is 13.8 Å². The summed E-state index contributed by atoms with van der Waals surface area (Å²) in [6.45, 7) is 3.46. The van der Waals surface area contributed by atoms with Crippen LogP contribution in [0.2, 0.25) is 0 Å². The lowest BCUT2D eigenvalue weighted by Gasteiger charge is -2.07. The van der Waals surface area contributed by atoms with Crippen molar-refractivity contribution in [2.75, 3.05) is 11.9 Å². The van der Waals surface area contributed by atoms with Crippen LogP contribution >= 0.6 is 0 Å². The first-order chi connectivity index (χ1) is 12.3. The molecule has 0 aliphatic rings. The molecule has 0 unspecified atom stereocenters. The number of carbonyl (C=O) groups is 3. The summed E-state index contributed by atoms with van der Waals surface area (Å²) >= 11 is 0. The van der Waals surface area contributed by atoms with E-state index in [1.54, 1.807) is 16.8 Å². The maximum absolute atomic E-state index is 12.1. The number of carboxylic acids is 1. The van der Waals surface area contributed by atoms with Gasteiger partial charge in [0.1, 0.15) is 6.54 Å². The molecular formula is C18H22N4O4. The number of anilines is 1. The van der Waals surface area contributed by atoms with Crippen LogP contribution in [0.25, 0.3) is 0 Å². The second-order valence-corrected chi connectivity index (χ2v) is 5.97. The van der Waals surface area contributed by atoms with E-state index in [1.807, 2.05) is 20.9 Å². The number of nitrogens with one attached hydrogen (secondary N) is 2. The van der Waals surface area contributed by atoms with Crippen molar-refractivity contribution in [3.63, 3.8) is 0 Å². The maximum Gasteiger partial charge on any atom is 0.322 e. The minimum absolute atomic E-state index is 0.129. The van der Waals surface area contributed by atoms with E-state index >= 15 is 0 Å². The molecule has 0 aliphatic heterocycles. The zero-order valence-electron chi connectivity index (χ0n) is 15.0. The van der Waals surface area contributed by atoms with Gasteiger partial charge in [-0.3, -0.25) is 19.1 Å². The molecule has 0 aliphatic carbocycles. The smallest absolute Gasteiger partial charge is 0.322 e. The number of carboxylic acid groups (broad SMARTS) is 1. The van der Waals surface area contributed by atoms with Gasteiger partial charge >= 0.3 is 5.97 Å². The normalized spacial score (nSPS) is 10.4. The molecule has 0 spiro atoms. The molecule has 138 valence electrons. The molecular weight excluding hydrogens is 336 g/mol. The lowest BCUT2D eigenvalue weighted by Crippen LogP contribution is -2.29. The van der Waals surface area contributed by atoms with Crippen LogP contribution in [0.15, 0.2) is 24.3 Å². The maximum atomic E-state index is 12.1. The third-order valence-corrected chi connectivity index (χ3v) is 4.09. The molecule has 0 fully saturated rings. The number of aryl methyl sites for hydroxylation is 2. The molecule has 0 saturated heterocycles. The highest BCUT2D eigenvalue weighted by Gasteiger charge is 2.12. The van der Waals surface area contributed by atoms with Crippen LogP contribution in [0.3, 0.4) is 0 Å². The number of aromatic nitrogens is 2. The first-order valence-electron chi connectivity index (χ1n) is 8.17. The van der Waals surface area contributed by atoms with Crippen LogP contribution in [0.1, 0.15) is 33.7 Å². The molecule has 1 aromatic carbocycles. The molecule has 0 atom stereocenters. The number of benzene rings is 1. The van der Waals surface area contributed by atoms with E-state index in [-0.39, 0.29) is 5.91 Å². The third kappa shape index (κ3) is 4.92. The molecule has 0 bridgehead atoms. The zero-order valence-corrected chi connectivity index (χ0v) is 15.0. The van der Waals surface area contributed by atoms with E-state index in [2.05, 4.69) is 15.7 Å². The SMILES string of the molecule is Cc1nn(C)c(C)c1CCC(=O)Nc1ccc(C(=O)NCC(=O)O)cc1. The van der Waals surface area contributed by atoms with Gasteiger partial charge in [0.25, 0.3) is 5.91 Å². The zero-order chi connectivity index (χ0) is 19.3. The lowest BCUT2D eigenvalue weighted by molar-refractivity contribution is -0.135. The van der Waals surface area contributed by atoms with E-state index < -0.39 is 18.4 Å². The number of hydrogen-bond acceptors (Lipinski definition) is 4. The first-order valence-corrected chi connectivity index (χ1v) is 8.17. The van der Waals surface area contributed by atoms with Crippen molar-refractivity contribution in [2.24, 2.45) is 7.05 Å². The van der Waals surface area contributed by atoms with Gasteiger partial charge in [-0.2, -0.15) is 5.10 Å². The molecule has 1 heterocycles. The largest absolute Gasteiger partial charge is 0.480 e. The molecule has 26 heavy (non-hydrogen) atoms. The molecule has 0 saturated carbocycles. The van der Waals surface area contributed by atoms with Crippen molar-refractivity contribution in [1.82, 2.24) is 15.1 Å². The van der Waals surface area contributed by atoms with Gasteiger partial charge in [0.2, 0.25) is 5.91 Å². The molecule has 3 N–H and O–H groups in total. The van der Waals surface area contributed by atoms with E-state index in [1.165, 1.54) is 12.1 Å². The summed E-state index contributed by atoms with van der Waals surface area (Å²) in [5.41, 5.74) is 3.95. The fourth-order valence-electron chi connectivity index (χ4n) is 2.60. The number of aliphatic carboxylic acids is 1. The van der Waals surface area contributed by atoms with Crippen LogP contribution in [-0.4, -0.2) is 39.2 Å². The number of nitrogens with zero attached hydrogens (tertiary/aromatic N) is 2. The summed E-state index contributed by atoms with van der Waals surface area (Å²) < 4.78 is 1.80. The monoisotopic (exact) mass is 358 g/mol. The Kier molecular flexibility index (Phi) is 6.11.